The molecule has 5 heteroatoms. The Morgan fingerprint density at radius 1 is 1.61 bits per heavy atom. The van der Waals surface area contributed by atoms with Crippen molar-refractivity contribution in [2.24, 2.45) is 0 Å². The number of hydrogen-bond acceptors (Lipinski definition) is 3. The van der Waals surface area contributed by atoms with Crippen molar-refractivity contribution in [2.45, 2.75) is 51.6 Å². The number of aromatic nitrogens is 2. The molecule has 0 amide bonds. The minimum Gasteiger partial charge on any atom is -0.481 e. The number of likely N-dealkylation sites (tertiary alicyclic amines) is 1. The second-order valence-corrected chi connectivity index (χ2v) is 5.07. The first-order valence-corrected chi connectivity index (χ1v) is 6.61. The molecule has 1 aromatic rings. The lowest BCUT2D eigenvalue weighted by Crippen LogP contribution is -2.39. The van der Waals surface area contributed by atoms with Crippen molar-refractivity contribution in [1.82, 2.24) is 14.9 Å². The molecule has 0 aromatic carbocycles. The van der Waals surface area contributed by atoms with Gasteiger partial charge in [0.05, 0.1) is 6.54 Å². The van der Waals surface area contributed by atoms with E-state index < -0.39 is 5.97 Å². The van der Waals surface area contributed by atoms with Crippen LogP contribution >= 0.6 is 0 Å². The highest BCUT2D eigenvalue weighted by atomic mass is 16.4. The summed E-state index contributed by atoms with van der Waals surface area (Å²) in [6, 6.07) is 0.389. The molecule has 1 aliphatic heterocycles. The number of rotatable bonds is 5. The molecule has 2 rings (SSSR count). The maximum atomic E-state index is 10.7. The van der Waals surface area contributed by atoms with Crippen molar-refractivity contribution in [2.75, 3.05) is 6.54 Å². The fourth-order valence-electron chi connectivity index (χ4n) is 2.62. The van der Waals surface area contributed by atoms with E-state index in [4.69, 9.17) is 5.11 Å². The predicted molar refractivity (Wildman–Crippen MR) is 68.2 cm³/mol. The Morgan fingerprint density at radius 2 is 2.44 bits per heavy atom. The molecule has 0 aliphatic carbocycles. The van der Waals surface area contributed by atoms with Crippen LogP contribution in [-0.2, 0) is 11.3 Å². The molecule has 0 unspecified atom stereocenters. The Hall–Kier alpha value is -1.36. The van der Waals surface area contributed by atoms with E-state index in [1.54, 1.807) is 0 Å². The maximum absolute atomic E-state index is 10.7. The second kappa shape index (κ2) is 6.00. The lowest BCUT2D eigenvalue weighted by molar-refractivity contribution is -0.137. The summed E-state index contributed by atoms with van der Waals surface area (Å²) in [6.45, 7) is 3.84. The third kappa shape index (κ3) is 3.57. The number of nitrogens with zero attached hydrogens (tertiary/aromatic N) is 2. The second-order valence-electron chi connectivity index (χ2n) is 5.07. The van der Waals surface area contributed by atoms with Crippen molar-refractivity contribution < 1.29 is 9.90 Å². The Balaban J connectivity index is 1.92. The average Bonchev–Trinajstić information content (AvgIpc) is 2.73. The minimum absolute atomic E-state index is 0.262. The molecule has 2 N–H and O–H groups in total. The number of carboxylic acids is 1. The molecule has 1 atom stereocenters. The van der Waals surface area contributed by atoms with E-state index in [2.05, 4.69) is 14.9 Å². The summed E-state index contributed by atoms with van der Waals surface area (Å²) in [4.78, 5) is 20.6. The van der Waals surface area contributed by atoms with E-state index in [0.29, 0.717) is 6.04 Å². The van der Waals surface area contributed by atoms with Gasteiger partial charge in [0.25, 0.3) is 0 Å². The van der Waals surface area contributed by atoms with Gasteiger partial charge in [-0.2, -0.15) is 0 Å². The highest BCUT2D eigenvalue weighted by Crippen LogP contribution is 2.22. The molecule has 1 aromatic heterocycles. The van der Waals surface area contributed by atoms with Crippen molar-refractivity contribution in [3.8, 4) is 0 Å². The number of piperidine rings is 1. The van der Waals surface area contributed by atoms with Crippen LogP contribution in [0.1, 0.15) is 43.6 Å². The van der Waals surface area contributed by atoms with Crippen LogP contribution in [0.25, 0.3) is 0 Å². The van der Waals surface area contributed by atoms with E-state index in [1.807, 2.05) is 13.1 Å². The van der Waals surface area contributed by atoms with Gasteiger partial charge in [-0.3, -0.25) is 9.69 Å². The van der Waals surface area contributed by atoms with Gasteiger partial charge in [-0.1, -0.05) is 6.42 Å². The molecule has 0 radical (unpaired) electrons. The summed E-state index contributed by atoms with van der Waals surface area (Å²) in [5.41, 5.74) is 1.07. The molecule has 1 fully saturated rings. The van der Waals surface area contributed by atoms with Gasteiger partial charge in [0.1, 0.15) is 5.82 Å². The Kier molecular flexibility index (Phi) is 4.36. The lowest BCUT2D eigenvalue weighted by Gasteiger charge is -2.35. The third-order valence-corrected chi connectivity index (χ3v) is 3.55. The Bertz CT molecular complexity index is 403. The number of nitrogens with one attached hydrogen (secondary N) is 1. The molecule has 1 saturated heterocycles. The van der Waals surface area contributed by atoms with Gasteiger partial charge >= 0.3 is 5.97 Å². The van der Waals surface area contributed by atoms with Crippen LogP contribution in [0.5, 0.6) is 0 Å². The summed E-state index contributed by atoms with van der Waals surface area (Å²) >= 11 is 0. The number of imidazole rings is 1. The van der Waals surface area contributed by atoms with Crippen LogP contribution in [0, 0.1) is 6.92 Å². The van der Waals surface area contributed by atoms with Crippen molar-refractivity contribution in [1.29, 1.82) is 0 Å². The van der Waals surface area contributed by atoms with E-state index in [-0.39, 0.29) is 6.42 Å². The van der Waals surface area contributed by atoms with E-state index in [9.17, 15) is 4.79 Å². The summed E-state index contributed by atoms with van der Waals surface area (Å²) in [7, 11) is 0. The third-order valence-electron chi connectivity index (χ3n) is 3.55. The number of carboxylic acid groups (broad SMARTS) is 1. The summed E-state index contributed by atoms with van der Waals surface area (Å²) in [6.07, 6.45) is 6.35. The quantitative estimate of drug-likeness (QED) is 0.839. The van der Waals surface area contributed by atoms with Crippen LogP contribution in [0.2, 0.25) is 0 Å². The number of aromatic amines is 1. The van der Waals surface area contributed by atoms with Crippen molar-refractivity contribution in [3.05, 3.63) is 17.7 Å². The molecule has 1 aliphatic rings. The molecule has 2 heterocycles. The van der Waals surface area contributed by atoms with Gasteiger partial charge in [0.15, 0.2) is 0 Å². The molecule has 0 bridgehead atoms. The minimum atomic E-state index is -0.700. The van der Waals surface area contributed by atoms with E-state index >= 15 is 0 Å². The first-order chi connectivity index (χ1) is 8.65. The highest BCUT2D eigenvalue weighted by Gasteiger charge is 2.23. The number of aryl methyl sites for hydroxylation is 1. The molecule has 0 spiro atoms. The van der Waals surface area contributed by atoms with Gasteiger partial charge in [-0.05, 0) is 32.7 Å². The zero-order chi connectivity index (χ0) is 13.0. The molecular weight excluding hydrogens is 230 g/mol. The SMILES string of the molecule is Cc1cnc(CN2CCCC[C@H]2CCC(=O)O)[nH]1. The van der Waals surface area contributed by atoms with Crippen molar-refractivity contribution in [3.63, 3.8) is 0 Å². The summed E-state index contributed by atoms with van der Waals surface area (Å²) in [5.74, 6) is 0.282. The highest BCUT2D eigenvalue weighted by molar-refractivity contribution is 5.66. The zero-order valence-corrected chi connectivity index (χ0v) is 10.9. The first-order valence-electron chi connectivity index (χ1n) is 6.61. The summed E-state index contributed by atoms with van der Waals surface area (Å²) in [5, 5.41) is 8.79. The number of H-pyrrole nitrogens is 1. The Labute approximate surface area is 107 Å². The predicted octanol–water partition coefficient (Wildman–Crippen LogP) is 1.94. The van der Waals surface area contributed by atoms with Gasteiger partial charge in [-0.25, -0.2) is 4.98 Å². The lowest BCUT2D eigenvalue weighted by atomic mass is 9.98. The smallest absolute Gasteiger partial charge is 0.303 e. The fraction of sp³-hybridized carbons (Fsp3) is 0.692. The standard InChI is InChI=1S/C13H21N3O2/c1-10-8-14-12(15-10)9-16-7-3-2-4-11(16)5-6-13(17)18/h8,11H,2-7,9H2,1H3,(H,14,15)(H,17,18)/t11-/m0/s1. The number of carbonyl (C=O) groups is 1. The maximum Gasteiger partial charge on any atom is 0.303 e. The van der Waals surface area contributed by atoms with Crippen LogP contribution in [-0.4, -0.2) is 38.5 Å². The topological polar surface area (TPSA) is 69.2 Å². The Morgan fingerprint density at radius 3 is 3.11 bits per heavy atom. The first kappa shape index (κ1) is 13.1. The van der Waals surface area contributed by atoms with Crippen LogP contribution in [0.3, 0.4) is 0 Å². The van der Waals surface area contributed by atoms with E-state index in [0.717, 1.165) is 37.4 Å². The van der Waals surface area contributed by atoms with Gasteiger partial charge in [-0.15, -0.1) is 0 Å². The monoisotopic (exact) mass is 251 g/mol. The number of aliphatic carboxylic acids is 1. The normalized spacial score (nSPS) is 21.1. The zero-order valence-electron chi connectivity index (χ0n) is 10.9. The van der Waals surface area contributed by atoms with Gasteiger partial charge < -0.3 is 10.1 Å². The largest absolute Gasteiger partial charge is 0.481 e. The molecule has 0 saturated carbocycles. The molecule has 100 valence electrons. The van der Waals surface area contributed by atoms with Gasteiger partial charge in [0.2, 0.25) is 0 Å². The van der Waals surface area contributed by atoms with Crippen LogP contribution in [0.4, 0.5) is 0 Å². The van der Waals surface area contributed by atoms with Crippen LogP contribution in [0.15, 0.2) is 6.20 Å². The number of hydrogen-bond donors (Lipinski definition) is 2. The molecule has 5 nitrogen and oxygen atoms in total. The summed E-state index contributed by atoms with van der Waals surface area (Å²) < 4.78 is 0. The van der Waals surface area contributed by atoms with Gasteiger partial charge in [0, 0.05) is 24.4 Å². The molecular formula is C13H21N3O2. The van der Waals surface area contributed by atoms with E-state index in [1.165, 1.54) is 12.8 Å². The fourth-order valence-corrected chi connectivity index (χ4v) is 2.62. The van der Waals surface area contributed by atoms with Crippen molar-refractivity contribution >= 4 is 5.97 Å². The van der Waals surface area contributed by atoms with Crippen LogP contribution < -0.4 is 0 Å². The molecule has 18 heavy (non-hydrogen) atoms. The average molecular weight is 251 g/mol.